The molecule has 0 bridgehead atoms. The molecule has 0 spiro atoms. The van der Waals surface area contributed by atoms with E-state index >= 15 is 0 Å². The highest BCUT2D eigenvalue weighted by Crippen LogP contribution is 2.39. The zero-order valence-electron chi connectivity index (χ0n) is 19.1. The highest BCUT2D eigenvalue weighted by Gasteiger charge is 2.22. The second kappa shape index (κ2) is 9.02. The molecule has 2 aromatic heterocycles. The summed E-state index contributed by atoms with van der Waals surface area (Å²) in [6, 6.07) is 13.3. The van der Waals surface area contributed by atoms with Gasteiger partial charge in [-0.15, -0.1) is 0 Å². The molecule has 8 heteroatoms. The molecule has 0 amide bonds. The molecule has 34 heavy (non-hydrogen) atoms. The van der Waals surface area contributed by atoms with Gasteiger partial charge >= 0.3 is 0 Å². The molecule has 7 nitrogen and oxygen atoms in total. The number of benzene rings is 2. The van der Waals surface area contributed by atoms with E-state index in [1.54, 1.807) is 32.0 Å². The molecule has 3 heterocycles. The van der Waals surface area contributed by atoms with Crippen molar-refractivity contribution < 1.29 is 18.6 Å². The van der Waals surface area contributed by atoms with Crippen molar-refractivity contribution in [1.82, 2.24) is 9.55 Å². The van der Waals surface area contributed by atoms with Gasteiger partial charge in [0.05, 0.1) is 21.3 Å². The third kappa shape index (κ3) is 3.88. The van der Waals surface area contributed by atoms with Crippen LogP contribution in [0.4, 0.5) is 0 Å². The fourth-order valence-electron chi connectivity index (χ4n) is 4.29. The minimum absolute atomic E-state index is 0.0948. The monoisotopic (exact) mass is 522 g/mol. The normalized spacial score (nSPS) is 14.3. The summed E-state index contributed by atoms with van der Waals surface area (Å²) in [5.74, 6) is 2.90. The van der Waals surface area contributed by atoms with Crippen LogP contribution >= 0.6 is 15.9 Å². The second-order valence-corrected chi connectivity index (χ2v) is 8.88. The lowest BCUT2D eigenvalue weighted by Gasteiger charge is -2.20. The number of nitrogens with zero attached hydrogens (tertiary/aromatic N) is 2. The third-order valence-corrected chi connectivity index (χ3v) is 6.45. The number of allylic oxidation sites excluding steroid dienone is 1. The standard InChI is InChI=1S/C26H23BrN2O5/c1-31-21-12-15(13-22(32-2)23(21)33-3)11-17-5-4-10-29-24(17)28-25-19(26(29)30)14-20(34-25)16-6-8-18(27)9-7-16/h6-9,11-14H,4-5,10H2,1-3H3/b17-11+. The number of hydrogen-bond acceptors (Lipinski definition) is 6. The maximum absolute atomic E-state index is 13.3. The van der Waals surface area contributed by atoms with Crippen LogP contribution in [0.25, 0.3) is 34.1 Å². The van der Waals surface area contributed by atoms with Crippen molar-refractivity contribution in [3.8, 4) is 28.6 Å². The van der Waals surface area contributed by atoms with Gasteiger partial charge in [0.25, 0.3) is 5.56 Å². The molecule has 1 aliphatic heterocycles. The van der Waals surface area contributed by atoms with E-state index in [0.29, 0.717) is 46.5 Å². The molecule has 0 saturated carbocycles. The Hall–Kier alpha value is -3.52. The first kappa shape index (κ1) is 22.3. The van der Waals surface area contributed by atoms with E-state index in [-0.39, 0.29) is 5.56 Å². The summed E-state index contributed by atoms with van der Waals surface area (Å²) in [4.78, 5) is 18.1. The lowest BCUT2D eigenvalue weighted by molar-refractivity contribution is 0.324. The predicted octanol–water partition coefficient (Wildman–Crippen LogP) is 5.78. The first-order valence-corrected chi connectivity index (χ1v) is 11.6. The van der Waals surface area contributed by atoms with E-state index in [1.807, 2.05) is 42.5 Å². The van der Waals surface area contributed by atoms with Crippen molar-refractivity contribution in [2.45, 2.75) is 19.4 Å². The fraction of sp³-hybridized carbons (Fsp3) is 0.231. The van der Waals surface area contributed by atoms with Gasteiger partial charge in [0.2, 0.25) is 11.5 Å². The van der Waals surface area contributed by atoms with Crippen LogP contribution in [0.1, 0.15) is 24.2 Å². The largest absolute Gasteiger partial charge is 0.493 e. The topological polar surface area (TPSA) is 75.7 Å². The summed E-state index contributed by atoms with van der Waals surface area (Å²) in [7, 11) is 4.74. The molecule has 0 unspecified atom stereocenters. The average molecular weight is 523 g/mol. The van der Waals surface area contributed by atoms with Gasteiger partial charge in [-0.25, -0.2) is 0 Å². The van der Waals surface area contributed by atoms with E-state index in [2.05, 4.69) is 15.9 Å². The third-order valence-electron chi connectivity index (χ3n) is 5.92. The maximum atomic E-state index is 13.3. The molecule has 0 aliphatic carbocycles. The molecule has 5 rings (SSSR count). The number of hydrogen-bond donors (Lipinski definition) is 0. The van der Waals surface area contributed by atoms with Gasteiger partial charge in [0.15, 0.2) is 11.5 Å². The number of aromatic nitrogens is 2. The van der Waals surface area contributed by atoms with Gasteiger partial charge in [-0.05, 0) is 60.4 Å². The molecule has 174 valence electrons. The van der Waals surface area contributed by atoms with Crippen molar-refractivity contribution in [3.63, 3.8) is 0 Å². The minimum atomic E-state index is -0.0948. The maximum Gasteiger partial charge on any atom is 0.265 e. The summed E-state index contributed by atoms with van der Waals surface area (Å²) in [6.45, 7) is 0.614. The SMILES string of the molecule is COc1cc(/C=C2\CCCn3c2nc2oc(-c4ccc(Br)cc4)cc2c3=O)cc(OC)c1OC. The van der Waals surface area contributed by atoms with Gasteiger partial charge in [0.1, 0.15) is 17.0 Å². The van der Waals surface area contributed by atoms with Crippen LogP contribution in [0.3, 0.4) is 0 Å². The Kier molecular flexibility index (Phi) is 5.91. The van der Waals surface area contributed by atoms with Gasteiger partial charge in [0, 0.05) is 16.6 Å². The Labute approximate surface area is 204 Å². The van der Waals surface area contributed by atoms with Crippen LogP contribution in [-0.2, 0) is 6.54 Å². The smallest absolute Gasteiger partial charge is 0.265 e. The molecular weight excluding hydrogens is 500 g/mol. The van der Waals surface area contributed by atoms with E-state index in [9.17, 15) is 4.79 Å². The number of halogens is 1. The Bertz CT molecular complexity index is 1440. The zero-order valence-corrected chi connectivity index (χ0v) is 20.6. The Morgan fingerprint density at radius 2 is 1.74 bits per heavy atom. The van der Waals surface area contributed by atoms with Crippen molar-refractivity contribution in [1.29, 1.82) is 0 Å². The van der Waals surface area contributed by atoms with Crippen LogP contribution < -0.4 is 19.8 Å². The highest BCUT2D eigenvalue weighted by molar-refractivity contribution is 9.10. The summed E-state index contributed by atoms with van der Waals surface area (Å²) in [5, 5.41) is 0.482. The van der Waals surface area contributed by atoms with Gasteiger partial charge in [-0.1, -0.05) is 28.1 Å². The minimum Gasteiger partial charge on any atom is -0.493 e. The molecular formula is C26H23BrN2O5. The molecule has 0 fully saturated rings. The van der Waals surface area contributed by atoms with Gasteiger partial charge < -0.3 is 18.6 Å². The van der Waals surface area contributed by atoms with E-state index in [1.165, 1.54) is 0 Å². The van der Waals surface area contributed by atoms with E-state index in [4.69, 9.17) is 23.6 Å². The Balaban J connectivity index is 1.63. The summed E-state index contributed by atoms with van der Waals surface area (Å²) >= 11 is 3.44. The summed E-state index contributed by atoms with van der Waals surface area (Å²) in [5.41, 5.74) is 2.94. The Morgan fingerprint density at radius 3 is 2.38 bits per heavy atom. The molecule has 4 aromatic rings. The number of furan rings is 1. The first-order valence-electron chi connectivity index (χ1n) is 10.8. The number of methoxy groups -OCH3 is 3. The van der Waals surface area contributed by atoms with Crippen LogP contribution in [0, 0.1) is 0 Å². The predicted molar refractivity (Wildman–Crippen MR) is 135 cm³/mol. The number of fused-ring (bicyclic) bond motifs is 2. The molecule has 0 saturated heterocycles. The van der Waals surface area contributed by atoms with Crippen LogP contribution in [0.15, 0.2) is 56.1 Å². The van der Waals surface area contributed by atoms with Crippen molar-refractivity contribution in [2.75, 3.05) is 21.3 Å². The first-order chi connectivity index (χ1) is 16.5. The lowest BCUT2D eigenvalue weighted by atomic mass is 10.0. The van der Waals surface area contributed by atoms with Gasteiger partial charge in [-0.2, -0.15) is 4.98 Å². The highest BCUT2D eigenvalue weighted by atomic mass is 79.9. The van der Waals surface area contributed by atoms with Crippen LogP contribution in [-0.4, -0.2) is 30.9 Å². The molecule has 1 aliphatic rings. The van der Waals surface area contributed by atoms with Gasteiger partial charge in [-0.3, -0.25) is 9.36 Å². The number of ether oxygens (including phenoxy) is 3. The number of rotatable bonds is 5. The summed E-state index contributed by atoms with van der Waals surface area (Å²) in [6.07, 6.45) is 3.63. The molecule has 0 N–H and O–H groups in total. The lowest BCUT2D eigenvalue weighted by Crippen LogP contribution is -2.27. The summed E-state index contributed by atoms with van der Waals surface area (Å²) < 4.78 is 25.1. The average Bonchev–Trinajstić information content (AvgIpc) is 3.29. The van der Waals surface area contributed by atoms with Crippen molar-refractivity contribution in [2.24, 2.45) is 0 Å². The fourth-order valence-corrected chi connectivity index (χ4v) is 4.55. The van der Waals surface area contributed by atoms with Crippen molar-refractivity contribution >= 4 is 38.7 Å². The molecule has 0 radical (unpaired) electrons. The Morgan fingerprint density at radius 1 is 1.03 bits per heavy atom. The van der Waals surface area contributed by atoms with Crippen LogP contribution in [0.5, 0.6) is 17.2 Å². The van der Waals surface area contributed by atoms with Crippen LogP contribution in [0.2, 0.25) is 0 Å². The molecule has 2 aromatic carbocycles. The quantitative estimate of drug-likeness (QED) is 0.330. The van der Waals surface area contributed by atoms with Crippen molar-refractivity contribution in [3.05, 3.63) is 68.7 Å². The molecule has 0 atom stereocenters. The second-order valence-electron chi connectivity index (χ2n) is 7.96. The zero-order chi connectivity index (χ0) is 23.8. The van der Waals surface area contributed by atoms with E-state index in [0.717, 1.165) is 34.0 Å². The van der Waals surface area contributed by atoms with E-state index < -0.39 is 0 Å².